The number of nitrogens with one attached hydrogen (secondary N) is 1. The lowest BCUT2D eigenvalue weighted by molar-refractivity contribution is -0.00827. The van der Waals surface area contributed by atoms with Gasteiger partial charge in [0.2, 0.25) is 0 Å². The SMILES string of the molecule is CN=C(NCCS(=O)(=O)C(C)(C)C)N1CCOC(c2ccccc2C)C1.I. The number of morpholine rings is 1. The minimum Gasteiger partial charge on any atom is -0.370 e. The third-order valence-corrected chi connectivity index (χ3v) is 7.31. The highest BCUT2D eigenvalue weighted by Gasteiger charge is 2.29. The first-order valence-corrected chi connectivity index (χ1v) is 10.7. The van der Waals surface area contributed by atoms with Crippen molar-refractivity contribution in [3.8, 4) is 0 Å². The molecule has 1 atom stereocenters. The number of hydrogen-bond donors (Lipinski definition) is 1. The van der Waals surface area contributed by atoms with E-state index in [9.17, 15) is 8.42 Å². The van der Waals surface area contributed by atoms with Crippen LogP contribution in [-0.4, -0.2) is 63.1 Å². The monoisotopic (exact) mass is 509 g/mol. The number of ether oxygens (including phenoxy) is 1. The number of nitrogens with zero attached hydrogens (tertiary/aromatic N) is 2. The van der Waals surface area contributed by atoms with E-state index in [4.69, 9.17) is 4.74 Å². The van der Waals surface area contributed by atoms with E-state index in [1.54, 1.807) is 27.8 Å². The highest BCUT2D eigenvalue weighted by Crippen LogP contribution is 2.25. The summed E-state index contributed by atoms with van der Waals surface area (Å²) in [6.07, 6.45) is -0.0122. The van der Waals surface area contributed by atoms with Crippen LogP contribution >= 0.6 is 24.0 Å². The molecule has 1 aromatic carbocycles. The van der Waals surface area contributed by atoms with E-state index in [0.717, 1.165) is 12.5 Å². The largest absolute Gasteiger partial charge is 0.370 e. The van der Waals surface area contributed by atoms with E-state index in [-0.39, 0.29) is 35.8 Å². The van der Waals surface area contributed by atoms with Crippen LogP contribution in [0.2, 0.25) is 0 Å². The Hall–Kier alpha value is -0.870. The van der Waals surface area contributed by atoms with E-state index in [0.29, 0.717) is 19.7 Å². The molecule has 1 heterocycles. The van der Waals surface area contributed by atoms with Gasteiger partial charge in [0.1, 0.15) is 6.10 Å². The van der Waals surface area contributed by atoms with Crippen LogP contribution in [0, 0.1) is 6.92 Å². The van der Waals surface area contributed by atoms with Gasteiger partial charge in [0, 0.05) is 20.1 Å². The number of guanidine groups is 1. The van der Waals surface area contributed by atoms with Gasteiger partial charge in [-0.05, 0) is 38.8 Å². The number of benzene rings is 1. The van der Waals surface area contributed by atoms with Gasteiger partial charge in [0.25, 0.3) is 0 Å². The number of sulfone groups is 1. The minimum absolute atomic E-state index is 0. The normalized spacial score (nSPS) is 18.8. The average Bonchev–Trinajstić information content (AvgIpc) is 2.58. The first-order valence-electron chi connectivity index (χ1n) is 9.01. The molecule has 1 aromatic rings. The fourth-order valence-electron chi connectivity index (χ4n) is 2.91. The molecule has 1 saturated heterocycles. The van der Waals surface area contributed by atoms with Gasteiger partial charge in [-0.2, -0.15) is 0 Å². The van der Waals surface area contributed by atoms with Crippen molar-refractivity contribution in [3.05, 3.63) is 35.4 Å². The number of aryl methyl sites for hydroxylation is 1. The summed E-state index contributed by atoms with van der Waals surface area (Å²) in [6.45, 7) is 9.65. The van der Waals surface area contributed by atoms with Crippen LogP contribution in [0.1, 0.15) is 38.0 Å². The Bertz CT molecular complexity index is 745. The predicted octanol–water partition coefficient (Wildman–Crippen LogP) is 2.78. The van der Waals surface area contributed by atoms with Gasteiger partial charge >= 0.3 is 0 Å². The van der Waals surface area contributed by atoms with Gasteiger partial charge < -0.3 is 15.0 Å². The number of hydrogen-bond acceptors (Lipinski definition) is 4. The average molecular weight is 509 g/mol. The van der Waals surface area contributed by atoms with Crippen LogP contribution in [0.4, 0.5) is 0 Å². The third-order valence-electron chi connectivity index (χ3n) is 4.70. The molecular formula is C19H32IN3O3S. The molecular weight excluding hydrogens is 477 g/mol. The van der Waals surface area contributed by atoms with E-state index < -0.39 is 14.6 Å². The van der Waals surface area contributed by atoms with Crippen molar-refractivity contribution < 1.29 is 13.2 Å². The first kappa shape index (κ1) is 24.2. The molecule has 0 aliphatic carbocycles. The lowest BCUT2D eigenvalue weighted by Crippen LogP contribution is -2.49. The van der Waals surface area contributed by atoms with Crippen LogP contribution in [-0.2, 0) is 14.6 Å². The molecule has 1 aliphatic rings. The van der Waals surface area contributed by atoms with Crippen molar-refractivity contribution in [2.24, 2.45) is 4.99 Å². The summed E-state index contributed by atoms with van der Waals surface area (Å²) in [5.74, 6) is 0.803. The van der Waals surface area contributed by atoms with Gasteiger partial charge in [0.05, 0.1) is 23.7 Å². The fraction of sp³-hybridized carbons (Fsp3) is 0.632. The van der Waals surface area contributed by atoms with E-state index in [2.05, 4.69) is 34.3 Å². The molecule has 154 valence electrons. The summed E-state index contributed by atoms with van der Waals surface area (Å²) in [6, 6.07) is 8.22. The molecule has 27 heavy (non-hydrogen) atoms. The zero-order valence-electron chi connectivity index (χ0n) is 16.9. The van der Waals surface area contributed by atoms with Crippen molar-refractivity contribution in [2.45, 2.75) is 38.5 Å². The molecule has 1 aliphatic heterocycles. The standard InChI is InChI=1S/C19H31N3O3S.HI/c1-15-8-6-7-9-16(15)17-14-22(11-12-25-17)18(20-5)21-10-13-26(23,24)19(2,3)4;/h6-9,17H,10-14H2,1-5H3,(H,20,21);1H. The molecule has 1 unspecified atom stereocenters. The maximum Gasteiger partial charge on any atom is 0.193 e. The van der Waals surface area contributed by atoms with Crippen molar-refractivity contribution in [1.82, 2.24) is 10.2 Å². The highest BCUT2D eigenvalue weighted by molar-refractivity contribution is 14.0. The van der Waals surface area contributed by atoms with Gasteiger partial charge in [-0.25, -0.2) is 8.42 Å². The first-order chi connectivity index (χ1) is 12.2. The topological polar surface area (TPSA) is 71.0 Å². The molecule has 0 spiro atoms. The van der Waals surface area contributed by atoms with E-state index >= 15 is 0 Å². The lowest BCUT2D eigenvalue weighted by atomic mass is 10.0. The van der Waals surface area contributed by atoms with Gasteiger partial charge in [-0.3, -0.25) is 4.99 Å². The Morgan fingerprint density at radius 3 is 2.59 bits per heavy atom. The van der Waals surface area contributed by atoms with Crippen molar-refractivity contribution in [3.63, 3.8) is 0 Å². The highest BCUT2D eigenvalue weighted by atomic mass is 127. The molecule has 2 rings (SSSR count). The maximum absolute atomic E-state index is 12.3. The lowest BCUT2D eigenvalue weighted by Gasteiger charge is -2.35. The molecule has 0 bridgehead atoms. The fourth-order valence-corrected chi connectivity index (χ4v) is 3.90. The molecule has 0 aromatic heterocycles. The van der Waals surface area contributed by atoms with Gasteiger partial charge in [-0.1, -0.05) is 24.3 Å². The van der Waals surface area contributed by atoms with Crippen LogP contribution in [0.15, 0.2) is 29.3 Å². The summed E-state index contributed by atoms with van der Waals surface area (Å²) in [5, 5.41) is 3.20. The Kier molecular flexibility index (Phi) is 9.01. The van der Waals surface area contributed by atoms with E-state index in [1.165, 1.54) is 11.1 Å². The van der Waals surface area contributed by atoms with Gasteiger partial charge in [0.15, 0.2) is 15.8 Å². The van der Waals surface area contributed by atoms with E-state index in [1.807, 2.05) is 12.1 Å². The maximum atomic E-state index is 12.3. The number of halogens is 1. The molecule has 6 nitrogen and oxygen atoms in total. The van der Waals surface area contributed by atoms with Crippen molar-refractivity contribution >= 4 is 39.8 Å². The molecule has 0 amide bonds. The van der Waals surface area contributed by atoms with Crippen LogP contribution < -0.4 is 5.32 Å². The number of rotatable bonds is 4. The summed E-state index contributed by atoms with van der Waals surface area (Å²) in [5.41, 5.74) is 2.39. The van der Waals surface area contributed by atoms with Crippen molar-refractivity contribution in [1.29, 1.82) is 0 Å². The Balaban J connectivity index is 0.00000364. The molecule has 0 radical (unpaired) electrons. The minimum atomic E-state index is -3.15. The van der Waals surface area contributed by atoms with Crippen molar-refractivity contribution in [2.75, 3.05) is 39.0 Å². The molecule has 8 heteroatoms. The Morgan fingerprint density at radius 2 is 2.00 bits per heavy atom. The zero-order valence-corrected chi connectivity index (χ0v) is 20.0. The summed E-state index contributed by atoms with van der Waals surface area (Å²) in [7, 11) is -1.43. The predicted molar refractivity (Wildman–Crippen MR) is 122 cm³/mol. The summed E-state index contributed by atoms with van der Waals surface area (Å²) >= 11 is 0. The Labute approximate surface area is 180 Å². The van der Waals surface area contributed by atoms with Gasteiger partial charge in [-0.15, -0.1) is 24.0 Å². The van der Waals surface area contributed by atoms with Crippen LogP contribution in [0.5, 0.6) is 0 Å². The molecule has 1 fully saturated rings. The second-order valence-corrected chi connectivity index (χ2v) is 10.4. The Morgan fingerprint density at radius 1 is 1.33 bits per heavy atom. The zero-order chi connectivity index (χ0) is 19.4. The van der Waals surface area contributed by atoms with Crippen LogP contribution in [0.25, 0.3) is 0 Å². The quantitative estimate of drug-likeness (QED) is 0.384. The smallest absolute Gasteiger partial charge is 0.193 e. The second-order valence-electron chi connectivity index (χ2n) is 7.57. The molecule has 0 saturated carbocycles. The number of aliphatic imine (C=N–C) groups is 1. The summed E-state index contributed by atoms with van der Waals surface area (Å²) in [4.78, 5) is 6.45. The van der Waals surface area contributed by atoms with Crippen LogP contribution in [0.3, 0.4) is 0 Å². The summed E-state index contributed by atoms with van der Waals surface area (Å²) < 4.78 is 29.7. The second kappa shape index (κ2) is 10.1. The third kappa shape index (κ3) is 6.32. The molecule has 1 N–H and O–H groups in total.